The molecule has 1 N–H and O–H groups in total. The predicted octanol–water partition coefficient (Wildman–Crippen LogP) is 2.77. The average molecular weight is 401 g/mol. The maximum absolute atomic E-state index is 12.8. The van der Waals surface area contributed by atoms with Gasteiger partial charge in [0.25, 0.3) is 5.91 Å². The minimum Gasteiger partial charge on any atom is -0.347 e. The van der Waals surface area contributed by atoms with Crippen molar-refractivity contribution in [3.8, 4) is 0 Å². The Morgan fingerprint density at radius 1 is 1.07 bits per heavy atom. The maximum Gasteiger partial charge on any atom is 0.267 e. The van der Waals surface area contributed by atoms with Crippen molar-refractivity contribution >= 4 is 23.1 Å². The van der Waals surface area contributed by atoms with Crippen molar-refractivity contribution in [2.45, 2.75) is 32.5 Å². The Labute approximate surface area is 175 Å². The second kappa shape index (κ2) is 8.73. The van der Waals surface area contributed by atoms with E-state index in [2.05, 4.69) is 15.4 Å². The molecule has 1 unspecified atom stereocenters. The lowest BCUT2D eigenvalue weighted by molar-refractivity contribution is -0.118. The zero-order valence-corrected chi connectivity index (χ0v) is 16.7. The van der Waals surface area contributed by atoms with E-state index in [0.29, 0.717) is 25.2 Å². The number of anilines is 1. The number of Topliss-reactive ketones (excluding diaryl/α,β-unsaturated/α-hetero) is 1. The highest BCUT2D eigenvalue weighted by Gasteiger charge is 2.34. The molecule has 0 saturated heterocycles. The van der Waals surface area contributed by atoms with Crippen molar-refractivity contribution in [3.63, 3.8) is 0 Å². The average Bonchev–Trinajstić information content (AvgIpc) is 3.44. The third kappa shape index (κ3) is 4.30. The molecule has 1 aliphatic rings. The molecule has 0 radical (unpaired) electrons. The van der Waals surface area contributed by atoms with Crippen LogP contribution in [-0.2, 0) is 22.7 Å². The largest absolute Gasteiger partial charge is 0.347 e. The zero-order chi connectivity index (χ0) is 20.9. The normalized spacial score (nSPS) is 15.7. The fourth-order valence-corrected chi connectivity index (χ4v) is 3.52. The number of nitrogens with one attached hydrogen (secondary N) is 1. The lowest BCUT2D eigenvalue weighted by Gasteiger charge is -2.20. The molecular weight excluding hydrogens is 378 g/mol. The molecule has 0 aliphatic carbocycles. The molecule has 1 aliphatic heterocycles. The summed E-state index contributed by atoms with van der Waals surface area (Å²) in [5, 5.41) is 9.06. The number of ketones is 1. The second-order valence-corrected chi connectivity index (χ2v) is 7.24. The van der Waals surface area contributed by atoms with E-state index in [1.165, 1.54) is 6.92 Å². The number of aromatic nitrogens is 2. The summed E-state index contributed by atoms with van der Waals surface area (Å²) >= 11 is 0. The Morgan fingerprint density at radius 3 is 2.50 bits per heavy atom. The van der Waals surface area contributed by atoms with E-state index >= 15 is 0 Å². The molecular formula is C23H23N5O2. The summed E-state index contributed by atoms with van der Waals surface area (Å²) in [6, 6.07) is 17.0. The lowest BCUT2D eigenvalue weighted by Crippen LogP contribution is -2.34. The lowest BCUT2D eigenvalue weighted by atomic mass is 10.1. The van der Waals surface area contributed by atoms with E-state index in [1.807, 2.05) is 65.4 Å². The van der Waals surface area contributed by atoms with Gasteiger partial charge < -0.3 is 9.88 Å². The fraction of sp³-hybridized carbons (Fsp3) is 0.217. The number of carbonyl (C=O) groups is 2. The molecule has 2 heterocycles. The van der Waals surface area contributed by atoms with Gasteiger partial charge in [-0.2, -0.15) is 5.10 Å². The predicted molar refractivity (Wildman–Crippen MR) is 115 cm³/mol. The molecule has 7 heteroatoms. The summed E-state index contributed by atoms with van der Waals surface area (Å²) in [5.41, 5.74) is 3.30. The van der Waals surface area contributed by atoms with Crippen molar-refractivity contribution in [3.05, 3.63) is 84.4 Å². The molecule has 1 atom stereocenters. The molecule has 2 aromatic carbocycles. The van der Waals surface area contributed by atoms with Gasteiger partial charge in [-0.25, -0.2) is 4.98 Å². The van der Waals surface area contributed by atoms with Gasteiger partial charge in [0.2, 0.25) is 0 Å². The summed E-state index contributed by atoms with van der Waals surface area (Å²) in [7, 11) is 0. The molecule has 3 aromatic rings. The number of nitrogens with zero attached hydrogens (tertiary/aromatic N) is 4. The Morgan fingerprint density at radius 2 is 1.80 bits per heavy atom. The van der Waals surface area contributed by atoms with E-state index in [0.717, 1.165) is 16.8 Å². The third-order valence-corrected chi connectivity index (χ3v) is 5.13. The Balaban J connectivity index is 1.46. The van der Waals surface area contributed by atoms with Crippen molar-refractivity contribution in [2.75, 3.05) is 5.01 Å². The van der Waals surface area contributed by atoms with Crippen LogP contribution >= 0.6 is 0 Å². The summed E-state index contributed by atoms with van der Waals surface area (Å²) < 4.78 is 1.98. The van der Waals surface area contributed by atoms with Crippen LogP contribution in [0.5, 0.6) is 0 Å². The van der Waals surface area contributed by atoms with Crippen LogP contribution in [0.4, 0.5) is 5.69 Å². The van der Waals surface area contributed by atoms with Gasteiger partial charge in [0.15, 0.2) is 5.78 Å². The van der Waals surface area contributed by atoms with Gasteiger partial charge in [0.05, 0.1) is 12.0 Å². The van der Waals surface area contributed by atoms with Crippen LogP contribution in [0.25, 0.3) is 0 Å². The highest BCUT2D eigenvalue weighted by Crippen LogP contribution is 2.25. The number of para-hydroxylation sites is 1. The van der Waals surface area contributed by atoms with Gasteiger partial charge in [-0.1, -0.05) is 42.5 Å². The summed E-state index contributed by atoms with van der Waals surface area (Å²) in [5.74, 6) is -0.270. The van der Waals surface area contributed by atoms with Crippen LogP contribution in [0.3, 0.4) is 0 Å². The molecule has 0 bridgehead atoms. The summed E-state index contributed by atoms with van der Waals surface area (Å²) in [4.78, 5) is 29.0. The van der Waals surface area contributed by atoms with E-state index in [1.54, 1.807) is 17.5 Å². The molecule has 4 rings (SSSR count). The maximum atomic E-state index is 12.8. The second-order valence-electron chi connectivity index (χ2n) is 7.24. The first kappa shape index (κ1) is 19.6. The van der Waals surface area contributed by atoms with Crippen LogP contribution in [0, 0.1) is 0 Å². The van der Waals surface area contributed by atoms with Crippen molar-refractivity contribution in [1.82, 2.24) is 14.9 Å². The standard InChI is InChI=1S/C23H23N5O2/c1-17(29)22-13-21(26-28(22)20-9-3-2-4-10-20)23(30)25-14-18-7-5-6-8-19(18)15-27-12-11-24-16-27/h2-12,16,22H,13-15H2,1H3,(H,25,30). The van der Waals surface area contributed by atoms with Crippen LogP contribution in [0.2, 0.25) is 0 Å². The number of imidazole rings is 1. The van der Waals surface area contributed by atoms with E-state index in [9.17, 15) is 9.59 Å². The molecule has 152 valence electrons. The van der Waals surface area contributed by atoms with E-state index in [-0.39, 0.29) is 11.7 Å². The number of hydrogen-bond acceptors (Lipinski definition) is 5. The molecule has 0 spiro atoms. The zero-order valence-electron chi connectivity index (χ0n) is 16.7. The van der Waals surface area contributed by atoms with Gasteiger partial charge in [0.1, 0.15) is 11.8 Å². The molecule has 0 saturated carbocycles. The van der Waals surface area contributed by atoms with Gasteiger partial charge in [-0.15, -0.1) is 0 Å². The van der Waals surface area contributed by atoms with Crippen molar-refractivity contribution in [1.29, 1.82) is 0 Å². The van der Waals surface area contributed by atoms with Gasteiger partial charge in [0, 0.05) is 31.9 Å². The Hall–Kier alpha value is -3.74. The first-order chi connectivity index (χ1) is 14.6. The van der Waals surface area contributed by atoms with Crippen molar-refractivity contribution < 1.29 is 9.59 Å². The van der Waals surface area contributed by atoms with Crippen LogP contribution in [-0.4, -0.2) is 33.0 Å². The highest BCUT2D eigenvalue weighted by molar-refractivity contribution is 6.40. The smallest absolute Gasteiger partial charge is 0.267 e. The van der Waals surface area contributed by atoms with E-state index < -0.39 is 6.04 Å². The van der Waals surface area contributed by atoms with Gasteiger partial charge >= 0.3 is 0 Å². The van der Waals surface area contributed by atoms with Gasteiger partial charge in [-0.3, -0.25) is 14.6 Å². The monoisotopic (exact) mass is 401 g/mol. The summed E-state index contributed by atoms with van der Waals surface area (Å²) in [6.45, 7) is 2.60. The first-order valence-electron chi connectivity index (χ1n) is 9.85. The highest BCUT2D eigenvalue weighted by atomic mass is 16.2. The van der Waals surface area contributed by atoms with Crippen LogP contribution in [0.1, 0.15) is 24.5 Å². The SMILES string of the molecule is CC(=O)C1CC(C(=O)NCc2ccccc2Cn2ccnc2)=NN1c1ccccc1. The van der Waals surface area contributed by atoms with E-state index in [4.69, 9.17) is 0 Å². The Kier molecular flexibility index (Phi) is 5.70. The molecule has 1 amide bonds. The van der Waals surface area contributed by atoms with Gasteiger partial charge in [-0.05, 0) is 30.2 Å². The first-order valence-corrected chi connectivity index (χ1v) is 9.85. The fourth-order valence-electron chi connectivity index (χ4n) is 3.52. The number of hydrogen-bond donors (Lipinski definition) is 1. The number of hydrazone groups is 1. The quantitative estimate of drug-likeness (QED) is 0.660. The molecule has 7 nitrogen and oxygen atoms in total. The number of carbonyl (C=O) groups excluding carboxylic acids is 2. The molecule has 1 aromatic heterocycles. The Bertz CT molecular complexity index is 1060. The topological polar surface area (TPSA) is 79.6 Å². The number of rotatable bonds is 7. The third-order valence-electron chi connectivity index (χ3n) is 5.13. The van der Waals surface area contributed by atoms with Crippen molar-refractivity contribution in [2.24, 2.45) is 5.10 Å². The summed E-state index contributed by atoms with van der Waals surface area (Å²) in [6.07, 6.45) is 5.71. The number of amides is 1. The number of benzene rings is 2. The molecule has 30 heavy (non-hydrogen) atoms. The minimum absolute atomic E-state index is 0.0175. The van der Waals surface area contributed by atoms with Crippen LogP contribution < -0.4 is 10.3 Å². The van der Waals surface area contributed by atoms with Crippen LogP contribution in [0.15, 0.2) is 78.4 Å². The minimum atomic E-state index is -0.457. The molecule has 0 fully saturated rings.